The molecule has 1 N–H and O–H groups in total. The first-order valence-corrected chi connectivity index (χ1v) is 7.46. The summed E-state index contributed by atoms with van der Waals surface area (Å²) in [7, 11) is 4.10. The van der Waals surface area contributed by atoms with Gasteiger partial charge in [0.1, 0.15) is 5.82 Å². The first-order chi connectivity index (χ1) is 9.31. The Balaban J connectivity index is 2.70. The van der Waals surface area contributed by atoms with E-state index in [0.29, 0.717) is 5.56 Å². The third kappa shape index (κ3) is 4.29. The second-order valence-corrected chi connectivity index (χ2v) is 6.23. The van der Waals surface area contributed by atoms with Gasteiger partial charge in [0.15, 0.2) is 0 Å². The molecule has 0 aliphatic rings. The van der Waals surface area contributed by atoms with Crippen molar-refractivity contribution in [2.24, 2.45) is 0 Å². The predicted octanol–water partition coefficient (Wildman–Crippen LogP) is 3.91. The highest BCUT2D eigenvalue weighted by Crippen LogP contribution is 2.22. The Morgan fingerprint density at radius 2 is 2.00 bits per heavy atom. The molecule has 0 radical (unpaired) electrons. The van der Waals surface area contributed by atoms with Gasteiger partial charge in [-0.2, -0.15) is 0 Å². The summed E-state index contributed by atoms with van der Waals surface area (Å²) in [6.45, 7) is 9.51. The number of benzene rings is 1. The van der Waals surface area contributed by atoms with Crippen molar-refractivity contribution >= 4 is 0 Å². The summed E-state index contributed by atoms with van der Waals surface area (Å²) in [4.78, 5) is 2.38. The maximum Gasteiger partial charge on any atom is 0.126 e. The van der Waals surface area contributed by atoms with Crippen LogP contribution in [0.15, 0.2) is 18.2 Å². The van der Waals surface area contributed by atoms with Gasteiger partial charge in [0.25, 0.3) is 0 Å². The van der Waals surface area contributed by atoms with Crippen molar-refractivity contribution in [3.05, 3.63) is 35.1 Å². The summed E-state index contributed by atoms with van der Waals surface area (Å²) in [6, 6.07) is 5.72. The smallest absolute Gasteiger partial charge is 0.126 e. The van der Waals surface area contributed by atoms with Crippen LogP contribution in [0, 0.1) is 12.7 Å². The average Bonchev–Trinajstić information content (AvgIpc) is 2.42. The molecule has 20 heavy (non-hydrogen) atoms. The first kappa shape index (κ1) is 17.1. The fraction of sp³-hybridized carbons (Fsp3) is 0.647. The van der Waals surface area contributed by atoms with Crippen LogP contribution in [0.2, 0.25) is 0 Å². The fourth-order valence-electron chi connectivity index (χ4n) is 2.20. The van der Waals surface area contributed by atoms with Gasteiger partial charge in [0.2, 0.25) is 0 Å². The molecule has 0 fully saturated rings. The number of nitrogens with one attached hydrogen (secondary N) is 1. The maximum atomic E-state index is 13.7. The second-order valence-electron chi connectivity index (χ2n) is 6.23. The molecule has 1 rings (SSSR count). The second kappa shape index (κ2) is 7.19. The van der Waals surface area contributed by atoms with Crippen LogP contribution in [0.1, 0.15) is 50.8 Å². The molecule has 0 saturated carbocycles. The maximum absolute atomic E-state index is 13.7. The zero-order valence-electron chi connectivity index (χ0n) is 13.8. The normalized spacial score (nSPS) is 13.8. The Morgan fingerprint density at radius 3 is 2.50 bits per heavy atom. The van der Waals surface area contributed by atoms with Gasteiger partial charge < -0.3 is 10.2 Å². The Bertz CT molecular complexity index is 429. The van der Waals surface area contributed by atoms with Crippen LogP contribution in [0.3, 0.4) is 0 Å². The van der Waals surface area contributed by atoms with Crippen LogP contribution < -0.4 is 5.32 Å². The highest BCUT2D eigenvalue weighted by Gasteiger charge is 2.22. The molecule has 3 heteroatoms. The standard InChI is InChI=1S/C17H29FN2/c1-7-17(3,4)20(6)11-10-16(19-5)14-9-8-13(2)15(18)12-14/h8-9,12,16,19H,7,10-11H2,1-6H3. The van der Waals surface area contributed by atoms with Gasteiger partial charge in [-0.3, -0.25) is 0 Å². The van der Waals surface area contributed by atoms with Crippen molar-refractivity contribution in [2.45, 2.75) is 52.1 Å². The largest absolute Gasteiger partial charge is 0.313 e. The van der Waals surface area contributed by atoms with E-state index in [1.165, 1.54) is 0 Å². The van der Waals surface area contributed by atoms with Crippen LogP contribution in [0.25, 0.3) is 0 Å². The molecule has 0 saturated heterocycles. The van der Waals surface area contributed by atoms with Gasteiger partial charge in [0.05, 0.1) is 0 Å². The number of aryl methyl sites for hydroxylation is 1. The van der Waals surface area contributed by atoms with Gasteiger partial charge in [-0.05, 0) is 64.9 Å². The zero-order valence-corrected chi connectivity index (χ0v) is 13.8. The minimum Gasteiger partial charge on any atom is -0.313 e. The molecule has 0 aliphatic carbocycles. The summed E-state index contributed by atoms with van der Waals surface area (Å²) >= 11 is 0. The summed E-state index contributed by atoms with van der Waals surface area (Å²) < 4.78 is 13.7. The Labute approximate surface area is 123 Å². The lowest BCUT2D eigenvalue weighted by molar-refractivity contribution is 0.144. The van der Waals surface area contributed by atoms with Crippen molar-refractivity contribution in [3.8, 4) is 0 Å². The number of rotatable bonds is 7. The van der Waals surface area contributed by atoms with Crippen molar-refractivity contribution < 1.29 is 4.39 Å². The number of hydrogen-bond acceptors (Lipinski definition) is 2. The van der Waals surface area contributed by atoms with E-state index in [9.17, 15) is 4.39 Å². The van der Waals surface area contributed by atoms with E-state index in [2.05, 4.69) is 38.0 Å². The lowest BCUT2D eigenvalue weighted by Crippen LogP contribution is -2.41. The Kier molecular flexibility index (Phi) is 6.15. The van der Waals surface area contributed by atoms with E-state index in [-0.39, 0.29) is 17.4 Å². The van der Waals surface area contributed by atoms with Gasteiger partial charge in [-0.25, -0.2) is 4.39 Å². The van der Waals surface area contributed by atoms with Crippen molar-refractivity contribution in [1.82, 2.24) is 10.2 Å². The summed E-state index contributed by atoms with van der Waals surface area (Å²) in [5.74, 6) is -0.120. The van der Waals surface area contributed by atoms with E-state index >= 15 is 0 Å². The molecule has 1 aromatic rings. The molecule has 2 nitrogen and oxygen atoms in total. The molecule has 1 aromatic carbocycles. The molecule has 0 bridgehead atoms. The van der Waals surface area contributed by atoms with E-state index in [1.54, 1.807) is 13.0 Å². The van der Waals surface area contributed by atoms with Gasteiger partial charge >= 0.3 is 0 Å². The molecule has 1 atom stereocenters. The molecule has 114 valence electrons. The van der Waals surface area contributed by atoms with Crippen LogP contribution in [-0.4, -0.2) is 31.1 Å². The molecule has 1 unspecified atom stereocenters. The quantitative estimate of drug-likeness (QED) is 0.815. The summed E-state index contributed by atoms with van der Waals surface area (Å²) in [6.07, 6.45) is 2.09. The Hall–Kier alpha value is -0.930. The summed E-state index contributed by atoms with van der Waals surface area (Å²) in [5, 5.41) is 3.30. The highest BCUT2D eigenvalue weighted by molar-refractivity contribution is 5.25. The molecule has 0 amide bonds. The number of hydrogen-bond donors (Lipinski definition) is 1. The molecule has 0 aromatic heterocycles. The minimum atomic E-state index is -0.120. The van der Waals surface area contributed by atoms with Gasteiger partial charge in [-0.1, -0.05) is 19.1 Å². The minimum absolute atomic E-state index is 0.120. The molecule has 0 aliphatic heterocycles. The monoisotopic (exact) mass is 280 g/mol. The lowest BCUT2D eigenvalue weighted by Gasteiger charge is -2.35. The molecule has 0 heterocycles. The van der Waals surface area contributed by atoms with E-state index < -0.39 is 0 Å². The van der Waals surface area contributed by atoms with Crippen LogP contribution in [-0.2, 0) is 0 Å². The fourth-order valence-corrected chi connectivity index (χ4v) is 2.20. The van der Waals surface area contributed by atoms with Crippen molar-refractivity contribution in [1.29, 1.82) is 0 Å². The lowest BCUT2D eigenvalue weighted by atomic mass is 9.97. The highest BCUT2D eigenvalue weighted by atomic mass is 19.1. The van der Waals surface area contributed by atoms with Crippen LogP contribution in [0.5, 0.6) is 0 Å². The van der Waals surface area contributed by atoms with Crippen LogP contribution in [0.4, 0.5) is 4.39 Å². The summed E-state index contributed by atoms with van der Waals surface area (Å²) in [5.41, 5.74) is 1.93. The molecular formula is C17H29FN2. The van der Waals surface area contributed by atoms with E-state index in [0.717, 1.165) is 24.9 Å². The van der Waals surface area contributed by atoms with Gasteiger partial charge in [0, 0.05) is 18.1 Å². The number of halogens is 1. The average molecular weight is 280 g/mol. The van der Waals surface area contributed by atoms with Crippen molar-refractivity contribution in [3.63, 3.8) is 0 Å². The Morgan fingerprint density at radius 1 is 1.35 bits per heavy atom. The van der Waals surface area contributed by atoms with Crippen molar-refractivity contribution in [2.75, 3.05) is 20.6 Å². The topological polar surface area (TPSA) is 15.3 Å². The SMILES string of the molecule is CCC(C)(C)N(C)CCC(NC)c1ccc(C)c(F)c1. The predicted molar refractivity (Wildman–Crippen MR) is 84.6 cm³/mol. The zero-order chi connectivity index (χ0) is 15.3. The van der Waals surface area contributed by atoms with Crippen LogP contribution >= 0.6 is 0 Å². The first-order valence-electron chi connectivity index (χ1n) is 7.46. The third-order valence-corrected chi connectivity index (χ3v) is 4.60. The van der Waals surface area contributed by atoms with E-state index in [1.807, 2.05) is 19.2 Å². The molecule has 0 spiro atoms. The van der Waals surface area contributed by atoms with E-state index in [4.69, 9.17) is 0 Å². The molecular weight excluding hydrogens is 251 g/mol. The van der Waals surface area contributed by atoms with Gasteiger partial charge in [-0.15, -0.1) is 0 Å². The number of nitrogens with zero attached hydrogens (tertiary/aromatic N) is 1. The third-order valence-electron chi connectivity index (χ3n) is 4.60.